The third-order valence-corrected chi connectivity index (χ3v) is 13.0. The highest BCUT2D eigenvalue weighted by Gasteiger charge is 2.48. The largest absolute Gasteiger partial charge is 0.480 e. The lowest BCUT2D eigenvalue weighted by atomic mass is 9.92. The van der Waals surface area contributed by atoms with Crippen LogP contribution in [0.5, 0.6) is 0 Å². The van der Waals surface area contributed by atoms with Crippen molar-refractivity contribution in [3.8, 4) is 0 Å². The molecule has 3 unspecified atom stereocenters. The number of hydrogen-bond acceptors (Lipinski definition) is 6. The summed E-state index contributed by atoms with van der Waals surface area (Å²) in [5, 5.41) is 23.0. The van der Waals surface area contributed by atoms with Gasteiger partial charge in [0.05, 0.1) is 25.4 Å². The highest BCUT2D eigenvalue weighted by molar-refractivity contribution is 6.77. The Morgan fingerprint density at radius 1 is 0.921 bits per heavy atom. The maximum atomic E-state index is 12.2. The number of ether oxygens (including phenoxy) is 2. The monoisotopic (exact) mass is 553 g/mol. The minimum Gasteiger partial charge on any atom is -0.480 e. The summed E-state index contributed by atoms with van der Waals surface area (Å²) in [5.41, 5.74) is 1.31. The van der Waals surface area contributed by atoms with Crippen LogP contribution >= 0.6 is 0 Å². The molecule has 0 spiro atoms. The molecule has 9 heteroatoms. The van der Waals surface area contributed by atoms with Gasteiger partial charge in [0, 0.05) is 5.92 Å². The number of aliphatic carboxylic acids is 1. The normalized spacial score (nSPS) is 15.8. The molecular formula is C29H51NO7Si. The van der Waals surface area contributed by atoms with Crippen molar-refractivity contribution >= 4 is 20.4 Å². The van der Waals surface area contributed by atoms with E-state index < -0.39 is 44.2 Å². The average Bonchev–Trinajstić information content (AvgIpc) is 2.76. The maximum Gasteiger partial charge on any atom is 0.408 e. The van der Waals surface area contributed by atoms with Gasteiger partial charge in [-0.05, 0) is 56.3 Å². The van der Waals surface area contributed by atoms with E-state index in [9.17, 15) is 19.8 Å². The summed E-state index contributed by atoms with van der Waals surface area (Å²) in [6, 6.07) is 8.65. The van der Waals surface area contributed by atoms with Crippen LogP contribution in [0, 0.1) is 5.92 Å². The van der Waals surface area contributed by atoms with Crippen LogP contribution in [0.25, 0.3) is 0 Å². The summed E-state index contributed by atoms with van der Waals surface area (Å²) >= 11 is 0. The average molecular weight is 554 g/mol. The van der Waals surface area contributed by atoms with Crippen LogP contribution in [0.4, 0.5) is 4.79 Å². The number of carbonyl (C=O) groups excluding carboxylic acids is 1. The molecule has 0 aliphatic heterocycles. The van der Waals surface area contributed by atoms with Gasteiger partial charge in [0.1, 0.15) is 5.60 Å². The second kappa shape index (κ2) is 15.0. The second-order valence-corrected chi connectivity index (χ2v) is 17.6. The summed E-state index contributed by atoms with van der Waals surface area (Å²) < 4.78 is 18.2. The van der Waals surface area contributed by atoms with Crippen molar-refractivity contribution in [1.82, 2.24) is 5.32 Å². The third kappa shape index (κ3) is 10.3. The van der Waals surface area contributed by atoms with E-state index in [1.54, 1.807) is 27.7 Å². The number of rotatable bonds is 15. The molecule has 0 saturated carbocycles. The van der Waals surface area contributed by atoms with E-state index in [4.69, 9.17) is 13.9 Å². The SMILES string of the molecule is CC(O)C(O[Si](C(C)C)(C(C)C)C(C)C)C(COC[C@@H](NC(=O)OC(C)(C)C)C(=O)O)Cc1ccccc1. The van der Waals surface area contributed by atoms with Gasteiger partial charge in [0.2, 0.25) is 8.32 Å². The Hall–Kier alpha value is -1.94. The molecule has 0 radical (unpaired) electrons. The summed E-state index contributed by atoms with van der Waals surface area (Å²) in [6.45, 7) is 20.0. The first-order valence-electron chi connectivity index (χ1n) is 13.7. The molecule has 8 nitrogen and oxygen atoms in total. The predicted molar refractivity (Wildman–Crippen MR) is 153 cm³/mol. The van der Waals surface area contributed by atoms with E-state index in [0.717, 1.165) is 5.56 Å². The van der Waals surface area contributed by atoms with Gasteiger partial charge in [0.25, 0.3) is 0 Å². The predicted octanol–water partition coefficient (Wildman–Crippen LogP) is 5.78. The summed E-state index contributed by atoms with van der Waals surface area (Å²) in [5.74, 6) is -1.46. The van der Waals surface area contributed by atoms with E-state index in [-0.39, 0.29) is 19.1 Å². The van der Waals surface area contributed by atoms with E-state index in [0.29, 0.717) is 23.0 Å². The van der Waals surface area contributed by atoms with Gasteiger partial charge < -0.3 is 29.4 Å². The number of aliphatic hydroxyl groups is 1. The van der Waals surface area contributed by atoms with E-state index >= 15 is 0 Å². The van der Waals surface area contributed by atoms with Crippen LogP contribution in [0.1, 0.15) is 74.8 Å². The number of hydrogen-bond donors (Lipinski definition) is 3. The molecule has 0 fully saturated rings. The van der Waals surface area contributed by atoms with Crippen LogP contribution in [-0.2, 0) is 25.1 Å². The number of carboxylic acids is 1. The molecule has 0 aliphatic rings. The van der Waals surface area contributed by atoms with Crippen molar-refractivity contribution < 1.29 is 33.7 Å². The van der Waals surface area contributed by atoms with Crippen molar-refractivity contribution in [2.24, 2.45) is 5.92 Å². The molecule has 1 aromatic rings. The standard InChI is InChI=1S/C29H51NO7Si/c1-19(2)38(20(3)4,21(5)6)37-26(22(7)31)24(16-23-14-12-11-13-15-23)17-35-18-25(27(32)33)30-28(34)36-29(8,9)10/h11-15,19-22,24-26,31H,16-18H2,1-10H3,(H,30,34)(H,32,33)/t22?,24?,25-,26?/m1/s1. The zero-order valence-corrected chi connectivity index (χ0v) is 26.0. The Morgan fingerprint density at radius 3 is 1.87 bits per heavy atom. The number of nitrogens with one attached hydrogen (secondary N) is 1. The molecule has 0 saturated heterocycles. The Balaban J connectivity index is 3.20. The first-order chi connectivity index (χ1) is 17.5. The number of alkyl carbamates (subject to hydrolysis) is 1. The van der Waals surface area contributed by atoms with Gasteiger partial charge in [0.15, 0.2) is 6.04 Å². The first-order valence-corrected chi connectivity index (χ1v) is 15.8. The molecular weight excluding hydrogens is 502 g/mol. The zero-order valence-electron chi connectivity index (χ0n) is 25.0. The van der Waals surface area contributed by atoms with Crippen LogP contribution in [0.15, 0.2) is 30.3 Å². The summed E-state index contributed by atoms with van der Waals surface area (Å²) in [6.07, 6.45) is -1.49. The minimum absolute atomic E-state index is 0.156. The van der Waals surface area contributed by atoms with Crippen molar-refractivity contribution in [1.29, 1.82) is 0 Å². The van der Waals surface area contributed by atoms with E-state index in [1.807, 2.05) is 30.3 Å². The quantitative estimate of drug-likeness (QED) is 0.236. The smallest absolute Gasteiger partial charge is 0.408 e. The topological polar surface area (TPSA) is 114 Å². The maximum absolute atomic E-state index is 12.2. The van der Waals surface area contributed by atoms with Gasteiger partial charge in [-0.25, -0.2) is 9.59 Å². The van der Waals surface area contributed by atoms with E-state index in [2.05, 4.69) is 46.9 Å². The lowest BCUT2D eigenvalue weighted by molar-refractivity contribution is -0.141. The van der Waals surface area contributed by atoms with Crippen molar-refractivity contribution in [3.05, 3.63) is 35.9 Å². The van der Waals surface area contributed by atoms with Crippen LogP contribution in [0.3, 0.4) is 0 Å². The van der Waals surface area contributed by atoms with Gasteiger partial charge in [-0.2, -0.15) is 0 Å². The fourth-order valence-corrected chi connectivity index (χ4v) is 11.1. The third-order valence-electron chi connectivity index (χ3n) is 6.93. The zero-order chi connectivity index (χ0) is 29.3. The number of benzene rings is 1. The van der Waals surface area contributed by atoms with Crippen LogP contribution < -0.4 is 5.32 Å². The Kier molecular flexibility index (Phi) is 13.5. The Morgan fingerprint density at radius 2 is 1.45 bits per heavy atom. The second-order valence-electron chi connectivity index (χ2n) is 12.2. The highest BCUT2D eigenvalue weighted by atomic mass is 28.4. The lowest BCUT2D eigenvalue weighted by Gasteiger charge is -2.47. The number of carboxylic acid groups (broad SMARTS) is 1. The Bertz CT molecular complexity index is 830. The highest BCUT2D eigenvalue weighted by Crippen LogP contribution is 2.44. The molecule has 218 valence electrons. The van der Waals surface area contributed by atoms with Crippen molar-refractivity contribution in [3.63, 3.8) is 0 Å². The van der Waals surface area contributed by atoms with Gasteiger partial charge >= 0.3 is 12.1 Å². The molecule has 38 heavy (non-hydrogen) atoms. The summed E-state index contributed by atoms with van der Waals surface area (Å²) in [4.78, 5) is 24.0. The number of amides is 1. The molecule has 0 aromatic heterocycles. The van der Waals surface area contributed by atoms with Crippen molar-refractivity contribution in [2.45, 2.75) is 116 Å². The van der Waals surface area contributed by atoms with Crippen LogP contribution in [-0.4, -0.2) is 67.7 Å². The molecule has 1 amide bonds. The fourth-order valence-electron chi connectivity index (χ4n) is 5.38. The molecule has 1 aromatic carbocycles. The number of aliphatic hydroxyl groups excluding tert-OH is 1. The Labute approximate surface area is 230 Å². The van der Waals surface area contributed by atoms with Gasteiger partial charge in [-0.15, -0.1) is 0 Å². The first kappa shape index (κ1) is 34.1. The molecule has 0 aliphatic carbocycles. The minimum atomic E-state index is -2.34. The molecule has 1 rings (SSSR count). The molecule has 4 atom stereocenters. The number of carbonyl (C=O) groups is 2. The van der Waals surface area contributed by atoms with Gasteiger partial charge in [-0.3, -0.25) is 0 Å². The molecule has 0 bridgehead atoms. The van der Waals surface area contributed by atoms with Crippen LogP contribution in [0.2, 0.25) is 16.6 Å². The van der Waals surface area contributed by atoms with E-state index in [1.165, 1.54) is 0 Å². The molecule has 3 N–H and O–H groups in total. The molecule has 0 heterocycles. The summed E-state index contributed by atoms with van der Waals surface area (Å²) in [7, 11) is -2.34. The lowest BCUT2D eigenvalue weighted by Crippen LogP contribution is -2.54. The van der Waals surface area contributed by atoms with Crippen molar-refractivity contribution in [2.75, 3.05) is 13.2 Å². The van der Waals surface area contributed by atoms with Gasteiger partial charge in [-0.1, -0.05) is 71.9 Å². The fraction of sp³-hybridized carbons (Fsp3) is 0.724.